The Morgan fingerprint density at radius 3 is 2.88 bits per heavy atom. The van der Waals surface area contributed by atoms with Crippen LogP contribution < -0.4 is 5.32 Å². The number of carbonyl (C=O) groups is 1. The highest BCUT2D eigenvalue weighted by molar-refractivity contribution is 7.13. The smallest absolute Gasteiger partial charge is 0.226 e. The first kappa shape index (κ1) is 17.1. The molecule has 1 aromatic heterocycles. The van der Waals surface area contributed by atoms with Gasteiger partial charge in [-0.2, -0.15) is 0 Å². The summed E-state index contributed by atoms with van der Waals surface area (Å²) in [5.41, 5.74) is 1.11. The molecule has 4 nitrogen and oxygen atoms in total. The van der Waals surface area contributed by atoms with Crippen LogP contribution in [0.3, 0.4) is 0 Å². The van der Waals surface area contributed by atoms with Crippen LogP contribution in [0.1, 0.15) is 44.6 Å². The second kappa shape index (κ2) is 7.45. The zero-order chi connectivity index (χ0) is 17.0. The van der Waals surface area contributed by atoms with Gasteiger partial charge in [0.25, 0.3) is 0 Å². The molecule has 0 radical (unpaired) electrons. The average Bonchev–Trinajstić information content (AvgIpc) is 3.05. The van der Waals surface area contributed by atoms with Crippen molar-refractivity contribution < 1.29 is 9.53 Å². The first-order valence-corrected chi connectivity index (χ1v) is 9.30. The molecule has 1 fully saturated rings. The summed E-state index contributed by atoms with van der Waals surface area (Å²) in [6.07, 6.45) is 4.14. The van der Waals surface area contributed by atoms with E-state index in [0.717, 1.165) is 19.4 Å². The van der Waals surface area contributed by atoms with Gasteiger partial charge in [-0.25, -0.2) is 4.98 Å². The molecule has 1 N–H and O–H groups in total. The molecule has 128 valence electrons. The lowest BCUT2D eigenvalue weighted by molar-refractivity contribution is -0.118. The number of anilines is 1. The number of carbonyl (C=O) groups excluding carboxylic acids is 1. The number of amides is 1. The lowest BCUT2D eigenvalue weighted by Gasteiger charge is -2.39. The van der Waals surface area contributed by atoms with Crippen molar-refractivity contribution in [1.29, 1.82) is 0 Å². The number of thiazole rings is 1. The van der Waals surface area contributed by atoms with E-state index in [9.17, 15) is 4.79 Å². The van der Waals surface area contributed by atoms with Gasteiger partial charge in [0.2, 0.25) is 5.91 Å². The third kappa shape index (κ3) is 4.42. The van der Waals surface area contributed by atoms with Gasteiger partial charge in [0.1, 0.15) is 0 Å². The largest absolute Gasteiger partial charge is 0.376 e. The predicted molar refractivity (Wildman–Crippen MR) is 97.3 cm³/mol. The third-order valence-electron chi connectivity index (χ3n) is 4.62. The van der Waals surface area contributed by atoms with Crippen LogP contribution in [-0.2, 0) is 9.53 Å². The topological polar surface area (TPSA) is 51.2 Å². The van der Waals surface area contributed by atoms with E-state index in [2.05, 4.69) is 36.3 Å². The van der Waals surface area contributed by atoms with Crippen LogP contribution in [0.5, 0.6) is 0 Å². The maximum Gasteiger partial charge on any atom is 0.226 e. The number of hydrogen-bond acceptors (Lipinski definition) is 4. The third-order valence-corrected chi connectivity index (χ3v) is 5.30. The zero-order valence-electron chi connectivity index (χ0n) is 14.2. The number of nitrogens with zero attached hydrogens (tertiary/aromatic N) is 1. The van der Waals surface area contributed by atoms with Crippen LogP contribution in [0.15, 0.2) is 41.9 Å². The van der Waals surface area contributed by atoms with Gasteiger partial charge in [-0.15, -0.1) is 11.3 Å². The van der Waals surface area contributed by atoms with Gasteiger partial charge in [-0.05, 0) is 44.1 Å². The van der Waals surface area contributed by atoms with Gasteiger partial charge < -0.3 is 10.1 Å². The van der Waals surface area contributed by atoms with E-state index < -0.39 is 0 Å². The molecule has 0 bridgehead atoms. The molecular weight excluding hydrogens is 320 g/mol. The van der Waals surface area contributed by atoms with Gasteiger partial charge >= 0.3 is 0 Å². The van der Waals surface area contributed by atoms with Crippen molar-refractivity contribution in [2.45, 2.75) is 44.6 Å². The first-order chi connectivity index (χ1) is 11.5. The highest BCUT2D eigenvalue weighted by Crippen LogP contribution is 2.40. The van der Waals surface area contributed by atoms with Crippen LogP contribution in [0.2, 0.25) is 0 Å². The van der Waals surface area contributed by atoms with Gasteiger partial charge in [-0.1, -0.05) is 30.3 Å². The summed E-state index contributed by atoms with van der Waals surface area (Å²) in [7, 11) is 0. The summed E-state index contributed by atoms with van der Waals surface area (Å²) in [5, 5.41) is 5.45. The Bertz CT molecular complexity index is 655. The van der Waals surface area contributed by atoms with Crippen LogP contribution in [0.25, 0.3) is 0 Å². The molecule has 0 aliphatic carbocycles. The van der Waals surface area contributed by atoms with Crippen molar-refractivity contribution in [2.75, 3.05) is 11.9 Å². The molecule has 1 saturated heterocycles. The Morgan fingerprint density at radius 1 is 1.42 bits per heavy atom. The highest BCUT2D eigenvalue weighted by atomic mass is 32.1. The highest BCUT2D eigenvalue weighted by Gasteiger charge is 2.35. The normalized spacial score (nSPS) is 21.2. The van der Waals surface area contributed by atoms with Crippen molar-refractivity contribution in [1.82, 2.24) is 4.98 Å². The Morgan fingerprint density at radius 2 is 2.21 bits per heavy atom. The summed E-state index contributed by atoms with van der Waals surface area (Å²) in [6.45, 7) is 5.03. The summed E-state index contributed by atoms with van der Waals surface area (Å²) in [5.74, 6) is 0.677. The van der Waals surface area contributed by atoms with Crippen LogP contribution in [0.4, 0.5) is 5.13 Å². The molecule has 0 saturated carbocycles. The second-order valence-corrected chi connectivity index (χ2v) is 7.86. The number of nitrogens with one attached hydrogen (secondary N) is 1. The maximum atomic E-state index is 12.5. The SMILES string of the molecule is CC1(C)C[C@H]([C@@H](CC(=O)Nc2nccs2)c2ccccc2)CCO1. The van der Waals surface area contributed by atoms with E-state index in [4.69, 9.17) is 4.74 Å². The number of ether oxygens (including phenoxy) is 1. The fraction of sp³-hybridized carbons (Fsp3) is 0.474. The molecule has 2 aromatic rings. The summed E-state index contributed by atoms with van der Waals surface area (Å²) >= 11 is 1.45. The van der Waals surface area contributed by atoms with E-state index in [0.29, 0.717) is 17.5 Å². The fourth-order valence-corrected chi connectivity index (χ4v) is 4.08. The van der Waals surface area contributed by atoms with Crippen molar-refractivity contribution in [3.05, 3.63) is 47.5 Å². The molecule has 2 atom stereocenters. The molecule has 0 spiro atoms. The molecule has 1 amide bonds. The number of aromatic nitrogens is 1. The van der Waals surface area contributed by atoms with E-state index in [1.165, 1.54) is 16.9 Å². The quantitative estimate of drug-likeness (QED) is 0.871. The minimum atomic E-state index is -0.123. The molecule has 1 aliphatic rings. The first-order valence-electron chi connectivity index (χ1n) is 8.42. The lowest BCUT2D eigenvalue weighted by atomic mass is 9.75. The van der Waals surface area contributed by atoms with Crippen molar-refractivity contribution >= 4 is 22.4 Å². The van der Waals surface area contributed by atoms with E-state index in [1.54, 1.807) is 6.20 Å². The van der Waals surface area contributed by atoms with Crippen molar-refractivity contribution in [2.24, 2.45) is 5.92 Å². The second-order valence-electron chi connectivity index (χ2n) is 6.97. The van der Waals surface area contributed by atoms with E-state index >= 15 is 0 Å². The Balaban J connectivity index is 1.76. The van der Waals surface area contributed by atoms with Gasteiger partial charge in [-0.3, -0.25) is 4.79 Å². The van der Waals surface area contributed by atoms with Crippen molar-refractivity contribution in [3.63, 3.8) is 0 Å². The van der Waals surface area contributed by atoms with Gasteiger partial charge in [0.05, 0.1) is 5.60 Å². The number of benzene rings is 1. The molecule has 3 rings (SSSR count). The predicted octanol–water partition coefficient (Wildman–Crippen LogP) is 4.46. The van der Waals surface area contributed by atoms with Gasteiger partial charge in [0, 0.05) is 24.6 Å². The molecule has 5 heteroatoms. The van der Waals surface area contributed by atoms with Crippen LogP contribution in [0, 0.1) is 5.92 Å². The standard InChI is InChI=1S/C19H24N2O2S/c1-19(2)13-15(8-10-23-19)16(14-6-4-3-5-7-14)12-17(22)21-18-20-9-11-24-18/h3-7,9,11,15-16H,8,10,12-13H2,1-2H3,(H,20,21,22)/t15-,16+/m1/s1. The van der Waals surface area contributed by atoms with E-state index in [-0.39, 0.29) is 17.4 Å². The minimum absolute atomic E-state index is 0.0306. The molecule has 24 heavy (non-hydrogen) atoms. The fourth-order valence-electron chi connectivity index (χ4n) is 3.53. The maximum absolute atomic E-state index is 12.5. The monoisotopic (exact) mass is 344 g/mol. The zero-order valence-corrected chi connectivity index (χ0v) is 15.0. The molecular formula is C19H24N2O2S. The Kier molecular flexibility index (Phi) is 5.31. The Labute approximate surface area is 147 Å². The molecule has 2 heterocycles. The Hall–Kier alpha value is -1.72. The molecule has 0 unspecified atom stereocenters. The van der Waals surface area contributed by atoms with Crippen molar-refractivity contribution in [3.8, 4) is 0 Å². The minimum Gasteiger partial charge on any atom is -0.376 e. The van der Waals surface area contributed by atoms with Gasteiger partial charge in [0.15, 0.2) is 5.13 Å². The summed E-state index contributed by atoms with van der Waals surface area (Å²) in [6, 6.07) is 10.4. The molecule has 1 aromatic carbocycles. The number of rotatable bonds is 5. The average molecular weight is 344 g/mol. The van der Waals surface area contributed by atoms with Crippen LogP contribution >= 0.6 is 11.3 Å². The lowest BCUT2D eigenvalue weighted by Crippen LogP contribution is -2.37. The summed E-state index contributed by atoms with van der Waals surface area (Å²) < 4.78 is 5.86. The summed E-state index contributed by atoms with van der Waals surface area (Å²) in [4.78, 5) is 16.7. The van der Waals surface area contributed by atoms with Crippen LogP contribution in [-0.4, -0.2) is 23.1 Å². The number of hydrogen-bond donors (Lipinski definition) is 1. The molecule has 1 aliphatic heterocycles. The van der Waals surface area contributed by atoms with E-state index in [1.807, 2.05) is 23.6 Å².